The van der Waals surface area contributed by atoms with Crippen LogP contribution in [0.5, 0.6) is 5.75 Å². The molecule has 2 aromatic rings. The first-order valence-electron chi connectivity index (χ1n) is 4.53. The molecule has 0 atom stereocenters. The topological polar surface area (TPSA) is 39.4 Å². The molecule has 1 aromatic carbocycles. The Balaban J connectivity index is 2.34. The van der Waals surface area contributed by atoms with Crippen molar-refractivity contribution in [2.75, 3.05) is 7.11 Å². The monoisotopic (exact) mass is 202 g/mol. The molecule has 15 heavy (non-hydrogen) atoms. The van der Waals surface area contributed by atoms with Gasteiger partial charge in [-0.05, 0) is 24.3 Å². The van der Waals surface area contributed by atoms with Gasteiger partial charge in [0.1, 0.15) is 5.75 Å². The van der Waals surface area contributed by atoms with Crippen LogP contribution in [0.1, 0.15) is 16.1 Å². The molecule has 1 aromatic heterocycles. The van der Waals surface area contributed by atoms with Gasteiger partial charge in [-0.15, -0.1) is 0 Å². The average molecular weight is 202 g/mol. The van der Waals surface area contributed by atoms with Crippen molar-refractivity contribution in [2.45, 2.75) is 0 Å². The number of benzene rings is 1. The summed E-state index contributed by atoms with van der Waals surface area (Å²) < 4.78 is 10.1. The zero-order valence-corrected chi connectivity index (χ0v) is 8.27. The summed E-state index contributed by atoms with van der Waals surface area (Å²) >= 11 is 0. The Morgan fingerprint density at radius 2 is 2.13 bits per heavy atom. The fourth-order valence-corrected chi connectivity index (χ4v) is 1.31. The molecular weight excluding hydrogens is 192 g/mol. The van der Waals surface area contributed by atoms with Crippen LogP contribution in [0.3, 0.4) is 0 Å². The first-order chi connectivity index (χ1) is 7.31. The summed E-state index contributed by atoms with van der Waals surface area (Å²) in [5.41, 5.74) is 0.560. The number of rotatable bonds is 3. The smallest absolute Gasteiger partial charge is 0.228 e. The molecule has 0 saturated carbocycles. The predicted octanol–water partition coefficient (Wildman–Crippen LogP) is 2.52. The second-order valence-electron chi connectivity index (χ2n) is 3.04. The highest BCUT2D eigenvalue weighted by atomic mass is 16.5. The highest BCUT2D eigenvalue weighted by Crippen LogP contribution is 2.16. The summed E-state index contributed by atoms with van der Waals surface area (Å²) in [5, 5.41) is 0. The van der Waals surface area contributed by atoms with Crippen LogP contribution in [0.15, 0.2) is 47.1 Å². The van der Waals surface area contributed by atoms with Crippen LogP contribution in [0.4, 0.5) is 0 Å². The molecule has 1 heterocycles. The molecule has 3 heteroatoms. The quantitative estimate of drug-likeness (QED) is 0.718. The Bertz CT molecular complexity index is 457. The van der Waals surface area contributed by atoms with Crippen LogP contribution in [-0.2, 0) is 0 Å². The molecule has 76 valence electrons. The van der Waals surface area contributed by atoms with E-state index in [1.165, 1.54) is 6.26 Å². The molecule has 2 rings (SSSR count). The average Bonchev–Trinajstić information content (AvgIpc) is 2.81. The molecule has 0 fully saturated rings. The molecule has 0 spiro atoms. The number of ketones is 1. The van der Waals surface area contributed by atoms with E-state index < -0.39 is 0 Å². The van der Waals surface area contributed by atoms with Crippen molar-refractivity contribution < 1.29 is 13.9 Å². The van der Waals surface area contributed by atoms with E-state index in [1.54, 1.807) is 43.5 Å². The number of furan rings is 1. The standard InChI is InChI=1S/C12H10O3/c1-14-10-5-2-4-9(8-10)12(13)11-6-3-7-15-11/h2-8H,1H3. The van der Waals surface area contributed by atoms with Gasteiger partial charge in [0, 0.05) is 5.56 Å². The number of hydrogen-bond donors (Lipinski definition) is 0. The SMILES string of the molecule is COc1cccc(C(=O)c2ccco2)c1. The summed E-state index contributed by atoms with van der Waals surface area (Å²) in [6.45, 7) is 0. The zero-order chi connectivity index (χ0) is 10.7. The molecule has 0 aliphatic rings. The molecule has 0 unspecified atom stereocenters. The first-order valence-corrected chi connectivity index (χ1v) is 4.53. The van der Waals surface area contributed by atoms with Gasteiger partial charge in [-0.3, -0.25) is 4.79 Å². The van der Waals surface area contributed by atoms with Gasteiger partial charge in [0.15, 0.2) is 5.76 Å². The third-order valence-corrected chi connectivity index (χ3v) is 2.08. The van der Waals surface area contributed by atoms with E-state index in [4.69, 9.17) is 9.15 Å². The fourth-order valence-electron chi connectivity index (χ4n) is 1.31. The van der Waals surface area contributed by atoms with E-state index in [2.05, 4.69) is 0 Å². The maximum absolute atomic E-state index is 11.8. The lowest BCUT2D eigenvalue weighted by atomic mass is 10.1. The number of ether oxygens (including phenoxy) is 1. The number of carbonyl (C=O) groups is 1. The second-order valence-corrected chi connectivity index (χ2v) is 3.04. The lowest BCUT2D eigenvalue weighted by molar-refractivity contribution is 0.101. The molecule has 0 bridgehead atoms. The Morgan fingerprint density at radius 3 is 2.80 bits per heavy atom. The predicted molar refractivity (Wildman–Crippen MR) is 55.1 cm³/mol. The van der Waals surface area contributed by atoms with Crippen molar-refractivity contribution in [1.82, 2.24) is 0 Å². The van der Waals surface area contributed by atoms with Crippen LogP contribution in [0.2, 0.25) is 0 Å². The minimum atomic E-state index is -0.140. The normalized spacial score (nSPS) is 9.93. The van der Waals surface area contributed by atoms with Gasteiger partial charge in [0.05, 0.1) is 13.4 Å². The Kier molecular flexibility index (Phi) is 2.54. The van der Waals surface area contributed by atoms with E-state index in [9.17, 15) is 4.79 Å². The lowest BCUT2D eigenvalue weighted by Crippen LogP contribution is -1.99. The van der Waals surface area contributed by atoms with Crippen LogP contribution in [-0.4, -0.2) is 12.9 Å². The number of carbonyl (C=O) groups excluding carboxylic acids is 1. The van der Waals surface area contributed by atoms with Crippen molar-refractivity contribution >= 4 is 5.78 Å². The fraction of sp³-hybridized carbons (Fsp3) is 0.0833. The summed E-state index contributed by atoms with van der Waals surface area (Å²) in [6.07, 6.45) is 1.48. The van der Waals surface area contributed by atoms with Gasteiger partial charge >= 0.3 is 0 Å². The minimum Gasteiger partial charge on any atom is -0.497 e. The third-order valence-electron chi connectivity index (χ3n) is 2.08. The third kappa shape index (κ3) is 1.91. The number of methoxy groups -OCH3 is 1. The van der Waals surface area contributed by atoms with Gasteiger partial charge in [-0.2, -0.15) is 0 Å². The van der Waals surface area contributed by atoms with Gasteiger partial charge in [0.25, 0.3) is 0 Å². The number of hydrogen-bond acceptors (Lipinski definition) is 3. The highest BCUT2D eigenvalue weighted by Gasteiger charge is 2.11. The molecular formula is C12H10O3. The minimum absolute atomic E-state index is 0.140. The van der Waals surface area contributed by atoms with Gasteiger partial charge in [0.2, 0.25) is 5.78 Å². The van der Waals surface area contributed by atoms with E-state index in [1.807, 2.05) is 0 Å². The molecule has 0 radical (unpaired) electrons. The Morgan fingerprint density at radius 1 is 1.27 bits per heavy atom. The van der Waals surface area contributed by atoms with Crippen molar-refractivity contribution in [3.05, 3.63) is 54.0 Å². The van der Waals surface area contributed by atoms with Crippen molar-refractivity contribution in [3.63, 3.8) is 0 Å². The van der Waals surface area contributed by atoms with Crippen LogP contribution >= 0.6 is 0 Å². The van der Waals surface area contributed by atoms with Crippen molar-refractivity contribution in [3.8, 4) is 5.75 Å². The molecule has 0 aliphatic heterocycles. The van der Waals surface area contributed by atoms with Crippen LogP contribution in [0.25, 0.3) is 0 Å². The van der Waals surface area contributed by atoms with Gasteiger partial charge < -0.3 is 9.15 Å². The molecule has 0 aliphatic carbocycles. The van der Waals surface area contributed by atoms with E-state index in [-0.39, 0.29) is 5.78 Å². The van der Waals surface area contributed by atoms with Crippen molar-refractivity contribution in [2.24, 2.45) is 0 Å². The molecule has 0 N–H and O–H groups in total. The van der Waals surface area contributed by atoms with E-state index in [0.717, 1.165) is 0 Å². The maximum atomic E-state index is 11.8. The zero-order valence-electron chi connectivity index (χ0n) is 8.27. The van der Waals surface area contributed by atoms with Crippen LogP contribution in [0, 0.1) is 0 Å². The van der Waals surface area contributed by atoms with Crippen molar-refractivity contribution in [1.29, 1.82) is 0 Å². The molecule has 3 nitrogen and oxygen atoms in total. The Labute approximate surface area is 87.3 Å². The highest BCUT2D eigenvalue weighted by molar-refractivity contribution is 6.07. The summed E-state index contributed by atoms with van der Waals surface area (Å²) in [4.78, 5) is 11.8. The van der Waals surface area contributed by atoms with Crippen LogP contribution < -0.4 is 4.74 Å². The maximum Gasteiger partial charge on any atom is 0.228 e. The summed E-state index contributed by atoms with van der Waals surface area (Å²) in [6, 6.07) is 10.3. The summed E-state index contributed by atoms with van der Waals surface area (Å²) in [7, 11) is 1.57. The van der Waals surface area contributed by atoms with E-state index >= 15 is 0 Å². The summed E-state index contributed by atoms with van der Waals surface area (Å²) in [5.74, 6) is 0.856. The lowest BCUT2D eigenvalue weighted by Gasteiger charge is -2.01. The second kappa shape index (κ2) is 4.00. The van der Waals surface area contributed by atoms with Gasteiger partial charge in [-0.1, -0.05) is 12.1 Å². The molecule has 0 saturated heterocycles. The van der Waals surface area contributed by atoms with E-state index in [0.29, 0.717) is 17.1 Å². The van der Waals surface area contributed by atoms with Gasteiger partial charge in [-0.25, -0.2) is 0 Å². The largest absolute Gasteiger partial charge is 0.497 e. The first kappa shape index (κ1) is 9.52. The molecule has 0 amide bonds. The Hall–Kier alpha value is -2.03.